The third-order valence-corrected chi connectivity index (χ3v) is 4.57. The molecule has 1 aromatic rings. The molecular formula is C17H28N2. The summed E-state index contributed by atoms with van der Waals surface area (Å²) in [4.78, 5) is 2.58. The fourth-order valence-electron chi connectivity index (χ4n) is 3.13. The van der Waals surface area contributed by atoms with Crippen LogP contribution in [-0.2, 0) is 6.42 Å². The van der Waals surface area contributed by atoms with Crippen LogP contribution in [0.2, 0.25) is 0 Å². The molecule has 1 unspecified atom stereocenters. The third kappa shape index (κ3) is 3.30. The normalized spacial score (nSPS) is 22.5. The predicted octanol–water partition coefficient (Wildman–Crippen LogP) is 3.59. The Morgan fingerprint density at radius 2 is 1.95 bits per heavy atom. The van der Waals surface area contributed by atoms with Gasteiger partial charge in [-0.25, -0.2) is 0 Å². The lowest BCUT2D eigenvalue weighted by Gasteiger charge is -2.47. The number of anilines is 1. The molecule has 0 radical (unpaired) electrons. The monoisotopic (exact) mass is 260 g/mol. The molecule has 1 atom stereocenters. The molecule has 106 valence electrons. The van der Waals surface area contributed by atoms with E-state index in [4.69, 9.17) is 5.73 Å². The van der Waals surface area contributed by atoms with E-state index in [0.717, 1.165) is 31.8 Å². The fraction of sp³-hybridized carbons (Fsp3) is 0.647. The van der Waals surface area contributed by atoms with Crippen LogP contribution in [0.15, 0.2) is 24.3 Å². The van der Waals surface area contributed by atoms with E-state index in [2.05, 4.69) is 49.9 Å². The van der Waals surface area contributed by atoms with Crippen LogP contribution in [0.5, 0.6) is 0 Å². The number of benzene rings is 1. The zero-order valence-electron chi connectivity index (χ0n) is 12.7. The van der Waals surface area contributed by atoms with Crippen molar-refractivity contribution in [1.29, 1.82) is 0 Å². The van der Waals surface area contributed by atoms with Crippen LogP contribution in [0.4, 0.5) is 5.69 Å². The lowest BCUT2D eigenvalue weighted by atomic mass is 9.83. The van der Waals surface area contributed by atoms with Crippen molar-refractivity contribution in [3.8, 4) is 0 Å². The Hall–Kier alpha value is -1.02. The van der Waals surface area contributed by atoms with Crippen LogP contribution in [0, 0.1) is 5.92 Å². The number of piperidine rings is 1. The molecule has 1 saturated heterocycles. The van der Waals surface area contributed by atoms with Gasteiger partial charge in [0, 0.05) is 17.8 Å². The highest BCUT2D eigenvalue weighted by Crippen LogP contribution is 2.35. The van der Waals surface area contributed by atoms with Crippen LogP contribution >= 0.6 is 0 Å². The number of rotatable bonds is 4. The largest absolute Gasteiger partial charge is 0.366 e. The average molecular weight is 260 g/mol. The minimum Gasteiger partial charge on any atom is -0.366 e. The van der Waals surface area contributed by atoms with Gasteiger partial charge in [-0.3, -0.25) is 0 Å². The summed E-state index contributed by atoms with van der Waals surface area (Å²) < 4.78 is 0. The Labute approximate surface area is 118 Å². The van der Waals surface area contributed by atoms with Gasteiger partial charge in [0.1, 0.15) is 0 Å². The van der Waals surface area contributed by atoms with Crippen molar-refractivity contribution in [2.24, 2.45) is 11.7 Å². The van der Waals surface area contributed by atoms with Crippen LogP contribution in [-0.4, -0.2) is 18.6 Å². The van der Waals surface area contributed by atoms with Gasteiger partial charge in [-0.1, -0.05) is 19.1 Å². The molecule has 1 aliphatic heterocycles. The molecule has 0 bridgehead atoms. The molecule has 2 rings (SSSR count). The van der Waals surface area contributed by atoms with E-state index in [1.807, 2.05) is 0 Å². The number of hydrogen-bond donors (Lipinski definition) is 1. The quantitative estimate of drug-likeness (QED) is 0.896. The Kier molecular flexibility index (Phi) is 4.51. The number of nitrogens with two attached hydrogens (primary N) is 1. The van der Waals surface area contributed by atoms with Gasteiger partial charge in [0.25, 0.3) is 0 Å². The first-order valence-corrected chi connectivity index (χ1v) is 7.63. The first kappa shape index (κ1) is 14.4. The van der Waals surface area contributed by atoms with Gasteiger partial charge in [0.2, 0.25) is 0 Å². The van der Waals surface area contributed by atoms with Crippen molar-refractivity contribution in [3.63, 3.8) is 0 Å². The molecule has 1 heterocycles. The lowest BCUT2D eigenvalue weighted by molar-refractivity contribution is 0.282. The second-order valence-corrected chi connectivity index (χ2v) is 6.43. The van der Waals surface area contributed by atoms with Crippen LogP contribution in [0.25, 0.3) is 0 Å². The van der Waals surface area contributed by atoms with Gasteiger partial charge in [-0.2, -0.15) is 0 Å². The lowest BCUT2D eigenvalue weighted by Crippen LogP contribution is -2.50. The summed E-state index contributed by atoms with van der Waals surface area (Å²) >= 11 is 0. The van der Waals surface area contributed by atoms with Crippen LogP contribution < -0.4 is 10.6 Å². The molecule has 0 saturated carbocycles. The highest BCUT2D eigenvalue weighted by Gasteiger charge is 2.33. The standard InChI is InChI=1S/C17H28N2/c1-4-14-5-7-16(8-6-14)19-13-15(10-12-18)9-11-17(19,2)3/h5-8,15H,4,9-13,18H2,1-3H3. The summed E-state index contributed by atoms with van der Waals surface area (Å²) in [5, 5.41) is 0. The highest BCUT2D eigenvalue weighted by atomic mass is 15.2. The van der Waals surface area contributed by atoms with Crippen molar-refractivity contribution in [2.75, 3.05) is 18.0 Å². The molecule has 0 amide bonds. The number of aryl methyl sites for hydroxylation is 1. The maximum atomic E-state index is 5.73. The average Bonchev–Trinajstić information content (AvgIpc) is 2.41. The van der Waals surface area contributed by atoms with Gasteiger partial charge in [0.05, 0.1) is 0 Å². The van der Waals surface area contributed by atoms with Gasteiger partial charge in [-0.05, 0) is 69.7 Å². The molecule has 0 aromatic heterocycles. The highest BCUT2D eigenvalue weighted by molar-refractivity contribution is 5.50. The van der Waals surface area contributed by atoms with E-state index in [0.29, 0.717) is 0 Å². The molecule has 1 fully saturated rings. The maximum Gasteiger partial charge on any atom is 0.0370 e. The van der Waals surface area contributed by atoms with Crippen molar-refractivity contribution in [1.82, 2.24) is 0 Å². The predicted molar refractivity (Wildman–Crippen MR) is 83.6 cm³/mol. The Balaban J connectivity index is 2.17. The summed E-state index contributed by atoms with van der Waals surface area (Å²) in [6.07, 6.45) is 4.83. The summed E-state index contributed by atoms with van der Waals surface area (Å²) in [5.74, 6) is 0.754. The van der Waals surface area contributed by atoms with Crippen molar-refractivity contribution in [2.45, 2.75) is 52.0 Å². The summed E-state index contributed by atoms with van der Waals surface area (Å²) in [5.41, 5.74) is 8.77. The van der Waals surface area contributed by atoms with Crippen LogP contribution in [0.1, 0.15) is 45.6 Å². The van der Waals surface area contributed by atoms with Gasteiger partial charge >= 0.3 is 0 Å². The van der Waals surface area contributed by atoms with Crippen molar-refractivity contribution < 1.29 is 0 Å². The van der Waals surface area contributed by atoms with E-state index < -0.39 is 0 Å². The number of hydrogen-bond acceptors (Lipinski definition) is 2. The van der Waals surface area contributed by atoms with Gasteiger partial charge < -0.3 is 10.6 Å². The molecule has 1 aliphatic rings. The molecule has 2 heteroatoms. The van der Waals surface area contributed by atoms with E-state index in [1.54, 1.807) is 0 Å². The topological polar surface area (TPSA) is 29.3 Å². The zero-order valence-corrected chi connectivity index (χ0v) is 12.7. The number of nitrogens with zero attached hydrogens (tertiary/aromatic N) is 1. The van der Waals surface area contributed by atoms with Crippen LogP contribution in [0.3, 0.4) is 0 Å². The molecule has 2 nitrogen and oxygen atoms in total. The Bertz CT molecular complexity index is 394. The molecule has 0 spiro atoms. The second kappa shape index (κ2) is 5.96. The van der Waals surface area contributed by atoms with Crippen molar-refractivity contribution in [3.05, 3.63) is 29.8 Å². The molecular weight excluding hydrogens is 232 g/mol. The minimum atomic E-state index is 0.263. The zero-order chi connectivity index (χ0) is 13.9. The molecule has 19 heavy (non-hydrogen) atoms. The third-order valence-electron chi connectivity index (χ3n) is 4.57. The van der Waals surface area contributed by atoms with E-state index >= 15 is 0 Å². The smallest absolute Gasteiger partial charge is 0.0370 e. The minimum absolute atomic E-state index is 0.263. The Morgan fingerprint density at radius 1 is 1.26 bits per heavy atom. The van der Waals surface area contributed by atoms with E-state index in [-0.39, 0.29) is 5.54 Å². The summed E-state index contributed by atoms with van der Waals surface area (Å²) in [6, 6.07) is 9.09. The maximum absolute atomic E-state index is 5.73. The molecule has 2 N–H and O–H groups in total. The van der Waals surface area contributed by atoms with Crippen molar-refractivity contribution >= 4 is 5.69 Å². The second-order valence-electron chi connectivity index (χ2n) is 6.43. The van der Waals surface area contributed by atoms with Gasteiger partial charge in [-0.15, -0.1) is 0 Å². The molecule has 0 aliphatic carbocycles. The van der Waals surface area contributed by atoms with E-state index in [1.165, 1.54) is 24.1 Å². The summed E-state index contributed by atoms with van der Waals surface area (Å²) in [7, 11) is 0. The van der Waals surface area contributed by atoms with E-state index in [9.17, 15) is 0 Å². The fourth-order valence-corrected chi connectivity index (χ4v) is 3.13. The Morgan fingerprint density at radius 3 is 2.53 bits per heavy atom. The summed E-state index contributed by atoms with van der Waals surface area (Å²) in [6.45, 7) is 8.89. The first-order chi connectivity index (χ1) is 9.06. The first-order valence-electron chi connectivity index (χ1n) is 7.63. The molecule has 1 aromatic carbocycles. The SMILES string of the molecule is CCc1ccc(N2CC(CCN)CCC2(C)C)cc1. The van der Waals surface area contributed by atoms with Gasteiger partial charge in [0.15, 0.2) is 0 Å².